The number of sulfone groups is 2. The minimum atomic E-state index is -3.48. The van der Waals surface area contributed by atoms with E-state index < -0.39 is 19.7 Å². The minimum absolute atomic E-state index is 0.0122. The molecular weight excluding hydrogens is 954 g/mol. The second-order valence-electron chi connectivity index (χ2n) is 16.8. The number of nitrogens with zero attached hydrogens (tertiary/aromatic N) is 4. The van der Waals surface area contributed by atoms with Gasteiger partial charge in [0.2, 0.25) is 23.5 Å². The zero-order valence-electron chi connectivity index (χ0n) is 37.5. The van der Waals surface area contributed by atoms with E-state index in [0.717, 1.165) is 64.3 Å². The summed E-state index contributed by atoms with van der Waals surface area (Å²) in [5.74, 6) is 0.952. The maximum Gasteiger partial charge on any atom is 0.236 e. The van der Waals surface area contributed by atoms with Gasteiger partial charge in [-0.15, -0.1) is 0 Å². The fourth-order valence-electron chi connectivity index (χ4n) is 8.48. The number of aliphatic hydroxyl groups is 2. The summed E-state index contributed by atoms with van der Waals surface area (Å²) in [7, 11) is -6.95. The Balaban J connectivity index is 1.02. The largest absolute Gasteiger partial charge is 0.472 e. The lowest BCUT2D eigenvalue weighted by Gasteiger charge is -2.19. The topological polar surface area (TPSA) is 209 Å². The summed E-state index contributed by atoms with van der Waals surface area (Å²) >= 11 is 13.7. The first-order valence-electron chi connectivity index (χ1n) is 22.1. The van der Waals surface area contributed by atoms with Crippen LogP contribution in [0, 0.1) is 0 Å². The van der Waals surface area contributed by atoms with Crippen LogP contribution in [-0.4, -0.2) is 79.3 Å². The summed E-state index contributed by atoms with van der Waals surface area (Å²) in [6, 6.07) is 19.0. The SMILES string of the molecule is CS(=O)(=O)c1cncc(COc2nc(O[C@H]3CCc4c(-c5cccc6c5CC[C@@H]6Oc5nc(OCc6cncc(S(C)(=O)=O)c6)c(CNCCO)cc5Cl)cccc43)c(Cl)cc2CCCCO)c1. The lowest BCUT2D eigenvalue weighted by molar-refractivity contribution is 0.194. The molecule has 0 fully saturated rings. The van der Waals surface area contributed by atoms with Crippen LogP contribution in [0.4, 0.5) is 0 Å². The van der Waals surface area contributed by atoms with Crippen molar-refractivity contribution in [1.29, 1.82) is 0 Å². The van der Waals surface area contributed by atoms with Crippen LogP contribution < -0.4 is 24.3 Å². The lowest BCUT2D eigenvalue weighted by atomic mass is 9.91. The van der Waals surface area contributed by atoms with E-state index in [1.54, 1.807) is 18.3 Å². The number of nitrogens with one attached hydrogen (secondary N) is 1. The zero-order valence-corrected chi connectivity index (χ0v) is 40.6. The van der Waals surface area contributed by atoms with Gasteiger partial charge < -0.3 is 34.5 Å². The number of unbranched alkanes of at least 4 members (excludes halogenated alkanes) is 1. The number of benzene rings is 2. The van der Waals surface area contributed by atoms with Crippen molar-refractivity contribution in [3.63, 3.8) is 0 Å². The van der Waals surface area contributed by atoms with Crippen molar-refractivity contribution in [1.82, 2.24) is 25.3 Å². The Labute approximate surface area is 405 Å². The molecule has 0 unspecified atom stereocenters. The maximum absolute atomic E-state index is 12.2. The fraction of sp³-hybridized carbons (Fsp3) is 0.347. The van der Waals surface area contributed by atoms with Crippen molar-refractivity contribution < 1.29 is 46.0 Å². The van der Waals surface area contributed by atoms with Crippen LogP contribution in [0.2, 0.25) is 10.0 Å². The molecule has 0 spiro atoms. The molecule has 15 nitrogen and oxygen atoms in total. The van der Waals surface area contributed by atoms with Gasteiger partial charge in [-0.25, -0.2) is 16.8 Å². The standard InChI is InChI=1S/C49H51Cl2N5O10S2/c1-67(59,60)34-19-30(23-53-26-34)28-63-46-32(7-3-4-17-57)21-42(50)48(55-46)65-44-14-12-38-36(8-5-10-40(38)44)37-9-6-11-41-39(37)13-15-45(41)66-49-43(51)22-33(25-52-16-18-58)47(56-49)64-29-31-20-35(27-54-24-31)68(2,61)62/h5-6,8-11,19-24,26-27,44-45,52,57-58H,3-4,7,12-18,25,28-29H2,1-2H3/t44-,45-/m0/s1. The number of hydrogen-bond donors (Lipinski definition) is 3. The number of aryl methyl sites for hydroxylation is 1. The first-order valence-corrected chi connectivity index (χ1v) is 26.7. The zero-order chi connectivity index (χ0) is 48.0. The second kappa shape index (κ2) is 21.5. The van der Waals surface area contributed by atoms with E-state index in [9.17, 15) is 27.0 Å². The number of aromatic nitrogens is 4. The van der Waals surface area contributed by atoms with Crippen molar-refractivity contribution in [2.75, 3.05) is 32.3 Å². The summed E-state index contributed by atoms with van der Waals surface area (Å²) in [4.78, 5) is 17.8. The van der Waals surface area contributed by atoms with E-state index in [2.05, 4.69) is 39.6 Å². The molecule has 2 aliphatic carbocycles. The van der Waals surface area contributed by atoms with E-state index in [4.69, 9.17) is 52.1 Å². The summed E-state index contributed by atoms with van der Waals surface area (Å²) in [5.41, 5.74) is 9.01. The molecule has 4 aromatic heterocycles. The van der Waals surface area contributed by atoms with Gasteiger partial charge in [0, 0.05) is 79.2 Å². The van der Waals surface area contributed by atoms with Crippen molar-refractivity contribution >= 4 is 42.9 Å². The summed E-state index contributed by atoms with van der Waals surface area (Å²) in [6.45, 7) is 0.622. The molecule has 2 aromatic carbocycles. The van der Waals surface area contributed by atoms with Gasteiger partial charge in [-0.05, 0) is 103 Å². The maximum atomic E-state index is 12.2. The van der Waals surface area contributed by atoms with E-state index in [0.29, 0.717) is 72.8 Å². The molecule has 8 rings (SSSR count). The predicted octanol–water partition coefficient (Wildman–Crippen LogP) is 7.73. The Bertz CT molecular complexity index is 2830. The number of ether oxygens (including phenoxy) is 4. The van der Waals surface area contributed by atoms with E-state index in [1.165, 1.54) is 30.7 Å². The number of rotatable bonds is 21. The first-order chi connectivity index (χ1) is 32.7. The molecule has 2 aliphatic rings. The Kier molecular flexibility index (Phi) is 15.5. The molecule has 0 radical (unpaired) electrons. The third-order valence-corrected chi connectivity index (χ3v) is 14.5. The van der Waals surface area contributed by atoms with Crippen LogP contribution >= 0.6 is 23.2 Å². The second-order valence-corrected chi connectivity index (χ2v) is 21.6. The number of pyridine rings is 4. The quantitative estimate of drug-likeness (QED) is 0.0590. The van der Waals surface area contributed by atoms with Crippen molar-refractivity contribution in [3.05, 3.63) is 140 Å². The number of aliphatic hydroxyl groups excluding tert-OH is 2. The van der Waals surface area contributed by atoms with Gasteiger partial charge >= 0.3 is 0 Å². The Morgan fingerprint density at radius 3 is 1.63 bits per heavy atom. The molecule has 0 aliphatic heterocycles. The van der Waals surface area contributed by atoms with Gasteiger partial charge in [-0.3, -0.25) is 9.97 Å². The molecular formula is C49H51Cl2N5O10S2. The van der Waals surface area contributed by atoms with E-state index in [1.807, 2.05) is 12.1 Å². The van der Waals surface area contributed by atoms with Crippen LogP contribution in [0.3, 0.4) is 0 Å². The number of fused-ring (bicyclic) bond motifs is 2. The summed E-state index contributed by atoms with van der Waals surface area (Å²) in [5, 5.41) is 22.5. The number of hydrogen-bond acceptors (Lipinski definition) is 15. The highest BCUT2D eigenvalue weighted by Gasteiger charge is 2.32. The summed E-state index contributed by atoms with van der Waals surface area (Å²) in [6.07, 6.45) is 11.9. The van der Waals surface area contributed by atoms with Crippen molar-refractivity contribution in [2.24, 2.45) is 0 Å². The monoisotopic (exact) mass is 1000 g/mol. The van der Waals surface area contributed by atoms with Gasteiger partial charge in [0.1, 0.15) is 35.5 Å². The highest BCUT2D eigenvalue weighted by atomic mass is 35.5. The van der Waals surface area contributed by atoms with Crippen LogP contribution in [0.15, 0.2) is 95.2 Å². The highest BCUT2D eigenvalue weighted by molar-refractivity contribution is 7.91. The average molecular weight is 1010 g/mol. The normalized spacial score (nSPS) is 15.5. The number of halogens is 2. The molecule has 358 valence electrons. The molecule has 19 heteroatoms. The van der Waals surface area contributed by atoms with Gasteiger partial charge in [-0.1, -0.05) is 59.6 Å². The van der Waals surface area contributed by atoms with Crippen LogP contribution in [-0.2, 0) is 58.7 Å². The van der Waals surface area contributed by atoms with Crippen molar-refractivity contribution in [3.8, 4) is 34.6 Å². The fourth-order valence-corrected chi connectivity index (χ4v) is 10.2. The van der Waals surface area contributed by atoms with Gasteiger partial charge in [-0.2, -0.15) is 9.97 Å². The van der Waals surface area contributed by atoms with E-state index in [-0.39, 0.29) is 71.1 Å². The minimum Gasteiger partial charge on any atom is -0.472 e. The van der Waals surface area contributed by atoms with Crippen molar-refractivity contribution in [2.45, 2.75) is 86.7 Å². The van der Waals surface area contributed by atoms with Crippen LogP contribution in [0.5, 0.6) is 23.5 Å². The average Bonchev–Trinajstić information content (AvgIpc) is 3.93. The highest BCUT2D eigenvalue weighted by Crippen LogP contribution is 2.46. The van der Waals surface area contributed by atoms with Crippen LogP contribution in [0.25, 0.3) is 11.1 Å². The van der Waals surface area contributed by atoms with E-state index >= 15 is 0 Å². The van der Waals surface area contributed by atoms with Crippen LogP contribution in [0.1, 0.15) is 82.4 Å². The molecule has 0 bridgehead atoms. The molecule has 0 saturated carbocycles. The predicted molar refractivity (Wildman–Crippen MR) is 256 cm³/mol. The molecule has 68 heavy (non-hydrogen) atoms. The Morgan fingerprint density at radius 1 is 0.647 bits per heavy atom. The molecule has 2 atom stereocenters. The van der Waals surface area contributed by atoms with Gasteiger partial charge in [0.15, 0.2) is 19.7 Å². The Morgan fingerprint density at radius 2 is 1.15 bits per heavy atom. The van der Waals surface area contributed by atoms with Gasteiger partial charge in [0.25, 0.3) is 0 Å². The van der Waals surface area contributed by atoms with Gasteiger partial charge in [0.05, 0.1) is 16.4 Å². The lowest BCUT2D eigenvalue weighted by Crippen LogP contribution is -2.18. The molecule has 3 N–H and O–H groups in total. The molecule has 6 aromatic rings. The smallest absolute Gasteiger partial charge is 0.236 e. The molecule has 4 heterocycles. The third-order valence-electron chi connectivity index (χ3n) is 11.8. The molecule has 0 saturated heterocycles. The Hall–Kier alpha value is -5.40. The molecule has 0 amide bonds. The third kappa shape index (κ3) is 11.5. The first kappa shape index (κ1) is 49.0. The summed E-state index contributed by atoms with van der Waals surface area (Å²) < 4.78 is 74.2.